The highest BCUT2D eigenvalue weighted by Crippen LogP contribution is 2.42. The summed E-state index contributed by atoms with van der Waals surface area (Å²) in [5.74, 6) is -0.917. The Hall–Kier alpha value is -3.58. The number of H-pyrrole nitrogens is 1. The lowest BCUT2D eigenvalue weighted by Gasteiger charge is -2.25. The van der Waals surface area contributed by atoms with Crippen LogP contribution in [0, 0.1) is 0 Å². The number of ketones is 1. The summed E-state index contributed by atoms with van der Waals surface area (Å²) in [5.41, 5.74) is 2.22. The summed E-state index contributed by atoms with van der Waals surface area (Å²) >= 11 is 0. The van der Waals surface area contributed by atoms with Gasteiger partial charge in [-0.15, -0.1) is 0 Å². The van der Waals surface area contributed by atoms with Crippen molar-refractivity contribution in [3.63, 3.8) is 0 Å². The van der Waals surface area contributed by atoms with Gasteiger partial charge in [0.2, 0.25) is 0 Å². The Kier molecular flexibility index (Phi) is 6.01. The van der Waals surface area contributed by atoms with Crippen molar-refractivity contribution < 1.29 is 19.4 Å². The normalized spacial score (nSPS) is 18.1. The third kappa shape index (κ3) is 3.87. The number of nitrogens with one attached hydrogen (secondary N) is 1. The maximum atomic E-state index is 13.2. The molecule has 2 aromatic carbocycles. The van der Waals surface area contributed by atoms with Gasteiger partial charge in [-0.3, -0.25) is 9.59 Å². The van der Waals surface area contributed by atoms with E-state index in [2.05, 4.69) is 4.98 Å². The van der Waals surface area contributed by atoms with Crippen LogP contribution in [0.15, 0.2) is 60.3 Å². The molecule has 1 fully saturated rings. The second-order valence-electron chi connectivity index (χ2n) is 8.17. The van der Waals surface area contributed by atoms with Crippen LogP contribution in [-0.2, 0) is 9.59 Å². The van der Waals surface area contributed by atoms with Gasteiger partial charge in [-0.2, -0.15) is 0 Å². The number of methoxy groups -OCH3 is 1. The highest BCUT2D eigenvalue weighted by Gasteiger charge is 2.46. The van der Waals surface area contributed by atoms with Crippen LogP contribution < -0.4 is 4.74 Å². The SMILES string of the molecule is COc1cccc(/C(O)=C2\C(=O)C(=O)N(CCCN(C)C)C2c2c[nH]c3ccccc23)c1. The van der Waals surface area contributed by atoms with E-state index in [0.717, 1.165) is 23.0 Å². The number of aliphatic hydroxyl groups is 1. The highest BCUT2D eigenvalue weighted by atomic mass is 16.5. The van der Waals surface area contributed by atoms with E-state index >= 15 is 0 Å². The lowest BCUT2D eigenvalue weighted by Crippen LogP contribution is -2.32. The molecule has 0 bridgehead atoms. The first-order valence-electron chi connectivity index (χ1n) is 10.6. The lowest BCUT2D eigenvalue weighted by atomic mass is 9.95. The van der Waals surface area contributed by atoms with E-state index in [4.69, 9.17) is 4.74 Å². The van der Waals surface area contributed by atoms with Crippen molar-refractivity contribution in [3.8, 4) is 5.75 Å². The van der Waals surface area contributed by atoms with E-state index in [1.165, 1.54) is 7.11 Å². The fraction of sp³-hybridized carbons (Fsp3) is 0.280. The monoisotopic (exact) mass is 433 g/mol. The highest BCUT2D eigenvalue weighted by molar-refractivity contribution is 6.46. The number of likely N-dealkylation sites (tertiary alicyclic amines) is 1. The van der Waals surface area contributed by atoms with Crippen molar-refractivity contribution >= 4 is 28.4 Å². The second-order valence-corrected chi connectivity index (χ2v) is 8.17. The zero-order valence-corrected chi connectivity index (χ0v) is 18.5. The van der Waals surface area contributed by atoms with Crippen molar-refractivity contribution in [2.45, 2.75) is 12.5 Å². The molecule has 0 spiro atoms. The van der Waals surface area contributed by atoms with Gasteiger partial charge in [-0.05, 0) is 45.3 Å². The van der Waals surface area contributed by atoms with Gasteiger partial charge in [0.25, 0.3) is 11.7 Å². The van der Waals surface area contributed by atoms with Crippen LogP contribution in [0.4, 0.5) is 0 Å². The van der Waals surface area contributed by atoms with E-state index in [1.807, 2.05) is 49.5 Å². The van der Waals surface area contributed by atoms with Gasteiger partial charge in [-0.1, -0.05) is 30.3 Å². The van der Waals surface area contributed by atoms with E-state index in [0.29, 0.717) is 24.3 Å². The molecule has 1 aromatic heterocycles. The molecule has 1 atom stereocenters. The minimum Gasteiger partial charge on any atom is -0.507 e. The van der Waals surface area contributed by atoms with E-state index < -0.39 is 17.7 Å². The number of hydrogen-bond donors (Lipinski definition) is 2. The number of ether oxygens (including phenoxy) is 1. The van der Waals surface area contributed by atoms with Gasteiger partial charge < -0.3 is 24.6 Å². The summed E-state index contributed by atoms with van der Waals surface area (Å²) in [6, 6.07) is 13.9. The molecule has 1 aliphatic heterocycles. The van der Waals surface area contributed by atoms with E-state index in [-0.39, 0.29) is 11.3 Å². The zero-order valence-electron chi connectivity index (χ0n) is 18.5. The van der Waals surface area contributed by atoms with Crippen LogP contribution in [-0.4, -0.2) is 65.9 Å². The molecule has 32 heavy (non-hydrogen) atoms. The van der Waals surface area contributed by atoms with Crippen LogP contribution in [0.3, 0.4) is 0 Å². The number of benzene rings is 2. The number of rotatable bonds is 7. The Morgan fingerprint density at radius 2 is 1.94 bits per heavy atom. The van der Waals surface area contributed by atoms with Gasteiger partial charge in [0.1, 0.15) is 11.5 Å². The number of nitrogens with zero attached hydrogens (tertiary/aromatic N) is 2. The first kappa shape index (κ1) is 21.6. The number of aromatic nitrogens is 1. The average molecular weight is 434 g/mol. The predicted molar refractivity (Wildman–Crippen MR) is 123 cm³/mol. The molecule has 1 amide bonds. The minimum atomic E-state index is -0.681. The fourth-order valence-corrected chi connectivity index (χ4v) is 4.24. The van der Waals surface area contributed by atoms with Gasteiger partial charge in [0.15, 0.2) is 0 Å². The smallest absolute Gasteiger partial charge is 0.295 e. The number of fused-ring (bicyclic) bond motifs is 1. The summed E-state index contributed by atoms with van der Waals surface area (Å²) in [6.45, 7) is 1.18. The summed E-state index contributed by atoms with van der Waals surface area (Å²) < 4.78 is 5.26. The van der Waals surface area contributed by atoms with E-state index in [1.54, 1.807) is 29.2 Å². The van der Waals surface area contributed by atoms with Crippen molar-refractivity contribution in [1.82, 2.24) is 14.8 Å². The first-order chi connectivity index (χ1) is 15.4. The molecule has 1 saturated heterocycles. The maximum absolute atomic E-state index is 13.2. The molecule has 1 unspecified atom stereocenters. The Labute approximate surface area is 186 Å². The number of carbonyl (C=O) groups excluding carboxylic acids is 2. The number of para-hydroxylation sites is 1. The van der Waals surface area contributed by atoms with Crippen LogP contribution in [0.2, 0.25) is 0 Å². The number of aromatic amines is 1. The largest absolute Gasteiger partial charge is 0.507 e. The maximum Gasteiger partial charge on any atom is 0.295 e. The number of amides is 1. The molecule has 0 radical (unpaired) electrons. The number of aliphatic hydroxyl groups excluding tert-OH is 1. The Morgan fingerprint density at radius 1 is 1.16 bits per heavy atom. The third-order valence-corrected chi connectivity index (χ3v) is 5.80. The summed E-state index contributed by atoms with van der Waals surface area (Å²) in [5, 5.41) is 12.1. The average Bonchev–Trinajstić information content (AvgIpc) is 3.32. The molecule has 0 aliphatic carbocycles. The molecule has 2 N–H and O–H groups in total. The molecule has 2 heterocycles. The molecule has 4 rings (SSSR count). The Balaban J connectivity index is 1.86. The van der Waals surface area contributed by atoms with Gasteiger partial charge in [-0.25, -0.2) is 0 Å². The van der Waals surface area contributed by atoms with Crippen LogP contribution in [0.5, 0.6) is 5.75 Å². The minimum absolute atomic E-state index is 0.0952. The molecule has 166 valence electrons. The standard InChI is InChI=1S/C25H27N3O4/c1-27(2)12-7-13-28-22(19-15-26-20-11-5-4-10-18(19)20)21(24(30)25(28)31)23(29)16-8-6-9-17(14-16)32-3/h4-6,8-11,14-15,22,26,29H,7,12-13H2,1-3H3/b23-21+. The van der Waals surface area contributed by atoms with Gasteiger partial charge >= 0.3 is 0 Å². The number of hydrogen-bond acceptors (Lipinski definition) is 5. The lowest BCUT2D eigenvalue weighted by molar-refractivity contribution is -0.139. The quantitative estimate of drug-likeness (QED) is 0.338. The van der Waals surface area contributed by atoms with Gasteiger partial charge in [0, 0.05) is 34.8 Å². The second kappa shape index (κ2) is 8.88. The molecular formula is C25H27N3O4. The molecular weight excluding hydrogens is 406 g/mol. The fourth-order valence-electron chi connectivity index (χ4n) is 4.24. The number of Topliss-reactive ketones (excluding diaryl/α,β-unsaturated/α-hetero) is 1. The predicted octanol–water partition coefficient (Wildman–Crippen LogP) is 3.55. The zero-order chi connectivity index (χ0) is 22.8. The van der Waals surface area contributed by atoms with Crippen molar-refractivity contribution in [3.05, 3.63) is 71.4 Å². The first-order valence-corrected chi connectivity index (χ1v) is 10.6. The molecule has 3 aromatic rings. The van der Waals surface area contributed by atoms with Crippen LogP contribution in [0.25, 0.3) is 16.7 Å². The molecule has 1 aliphatic rings. The summed E-state index contributed by atoms with van der Waals surface area (Å²) in [7, 11) is 5.47. The van der Waals surface area contributed by atoms with Crippen molar-refractivity contribution in [2.24, 2.45) is 0 Å². The number of carbonyl (C=O) groups is 2. The summed E-state index contributed by atoms with van der Waals surface area (Å²) in [6.07, 6.45) is 2.52. The van der Waals surface area contributed by atoms with Crippen molar-refractivity contribution in [2.75, 3.05) is 34.3 Å². The van der Waals surface area contributed by atoms with E-state index in [9.17, 15) is 14.7 Å². The van der Waals surface area contributed by atoms with Gasteiger partial charge in [0.05, 0.1) is 18.7 Å². The molecule has 7 heteroatoms. The Bertz CT molecular complexity index is 1190. The summed E-state index contributed by atoms with van der Waals surface area (Å²) in [4.78, 5) is 33.1. The molecule has 7 nitrogen and oxygen atoms in total. The topological polar surface area (TPSA) is 85.9 Å². The third-order valence-electron chi connectivity index (χ3n) is 5.80. The van der Waals surface area contributed by atoms with Crippen molar-refractivity contribution in [1.29, 1.82) is 0 Å². The Morgan fingerprint density at radius 3 is 2.69 bits per heavy atom. The molecule has 0 saturated carbocycles. The van der Waals surface area contributed by atoms with Crippen LogP contribution >= 0.6 is 0 Å². The van der Waals surface area contributed by atoms with Crippen LogP contribution in [0.1, 0.15) is 23.6 Å².